The zero-order valence-electron chi connectivity index (χ0n) is 8.71. The molecule has 2 unspecified atom stereocenters. The maximum atomic E-state index is 11.3. The van der Waals surface area contributed by atoms with Crippen molar-refractivity contribution < 1.29 is 14.3 Å². The molecule has 0 aliphatic carbocycles. The highest BCUT2D eigenvalue weighted by Crippen LogP contribution is 2.30. The third-order valence-corrected chi connectivity index (χ3v) is 2.61. The SMILES string of the molecule is C=C(C)CC(CC)C1CC(=O)OC1=O. The van der Waals surface area contributed by atoms with E-state index in [1.807, 2.05) is 13.8 Å². The van der Waals surface area contributed by atoms with Crippen LogP contribution < -0.4 is 0 Å². The van der Waals surface area contributed by atoms with Crippen LogP contribution in [0.25, 0.3) is 0 Å². The summed E-state index contributed by atoms with van der Waals surface area (Å²) >= 11 is 0. The summed E-state index contributed by atoms with van der Waals surface area (Å²) in [5.74, 6) is -0.793. The first kappa shape index (κ1) is 11.0. The largest absolute Gasteiger partial charge is 0.393 e. The van der Waals surface area contributed by atoms with Gasteiger partial charge in [0.2, 0.25) is 0 Å². The van der Waals surface area contributed by atoms with Gasteiger partial charge in [-0.3, -0.25) is 9.59 Å². The fourth-order valence-electron chi connectivity index (χ4n) is 1.87. The molecule has 0 aromatic heterocycles. The molecule has 1 saturated heterocycles. The Balaban J connectivity index is 2.65. The Labute approximate surface area is 84.1 Å². The fourth-order valence-corrected chi connectivity index (χ4v) is 1.87. The first-order valence-corrected chi connectivity index (χ1v) is 4.93. The quantitative estimate of drug-likeness (QED) is 0.392. The molecule has 78 valence electrons. The van der Waals surface area contributed by atoms with Crippen LogP contribution >= 0.6 is 0 Å². The van der Waals surface area contributed by atoms with Crippen molar-refractivity contribution in [1.29, 1.82) is 0 Å². The summed E-state index contributed by atoms with van der Waals surface area (Å²) in [7, 11) is 0. The van der Waals surface area contributed by atoms with Crippen LogP contribution in [0.2, 0.25) is 0 Å². The average molecular weight is 196 g/mol. The van der Waals surface area contributed by atoms with Crippen molar-refractivity contribution in [2.45, 2.75) is 33.1 Å². The van der Waals surface area contributed by atoms with Crippen LogP contribution in [0.15, 0.2) is 12.2 Å². The summed E-state index contributed by atoms with van der Waals surface area (Å²) in [5, 5.41) is 0. The van der Waals surface area contributed by atoms with Gasteiger partial charge >= 0.3 is 11.9 Å². The minimum atomic E-state index is -0.389. The van der Waals surface area contributed by atoms with E-state index in [0.29, 0.717) is 0 Å². The molecule has 1 aliphatic rings. The minimum absolute atomic E-state index is 0.200. The number of esters is 2. The van der Waals surface area contributed by atoms with Crippen LogP contribution in [-0.4, -0.2) is 11.9 Å². The topological polar surface area (TPSA) is 43.4 Å². The van der Waals surface area contributed by atoms with Crippen LogP contribution in [0.5, 0.6) is 0 Å². The maximum absolute atomic E-state index is 11.3. The minimum Gasteiger partial charge on any atom is -0.393 e. The molecule has 0 bridgehead atoms. The van der Waals surface area contributed by atoms with E-state index in [1.54, 1.807) is 0 Å². The number of carbonyl (C=O) groups excluding carboxylic acids is 2. The molecule has 1 fully saturated rings. The van der Waals surface area contributed by atoms with Gasteiger partial charge < -0.3 is 4.74 Å². The molecule has 0 amide bonds. The van der Waals surface area contributed by atoms with Crippen molar-refractivity contribution in [2.24, 2.45) is 11.8 Å². The van der Waals surface area contributed by atoms with Crippen molar-refractivity contribution in [2.75, 3.05) is 0 Å². The van der Waals surface area contributed by atoms with Crippen LogP contribution in [0.4, 0.5) is 0 Å². The summed E-state index contributed by atoms with van der Waals surface area (Å²) in [4.78, 5) is 22.2. The summed E-state index contributed by atoms with van der Waals surface area (Å²) < 4.78 is 4.53. The molecule has 0 spiro atoms. The lowest BCUT2D eigenvalue weighted by atomic mass is 9.84. The second-order valence-corrected chi connectivity index (χ2v) is 3.93. The van der Waals surface area contributed by atoms with Gasteiger partial charge in [0, 0.05) is 0 Å². The first-order chi connectivity index (χ1) is 6.54. The number of hydrogen-bond acceptors (Lipinski definition) is 3. The molecular formula is C11H16O3. The Hall–Kier alpha value is -1.12. The predicted octanol–water partition coefficient (Wildman–Crippen LogP) is 2.07. The van der Waals surface area contributed by atoms with Crippen molar-refractivity contribution >= 4 is 11.9 Å². The van der Waals surface area contributed by atoms with E-state index in [-0.39, 0.29) is 30.2 Å². The van der Waals surface area contributed by atoms with Gasteiger partial charge in [0.15, 0.2) is 0 Å². The van der Waals surface area contributed by atoms with E-state index < -0.39 is 0 Å². The molecule has 3 heteroatoms. The summed E-state index contributed by atoms with van der Waals surface area (Å²) in [6, 6.07) is 0. The van der Waals surface area contributed by atoms with Crippen LogP contribution in [-0.2, 0) is 14.3 Å². The van der Waals surface area contributed by atoms with Gasteiger partial charge in [0.1, 0.15) is 0 Å². The van der Waals surface area contributed by atoms with E-state index in [2.05, 4.69) is 11.3 Å². The summed E-state index contributed by atoms with van der Waals surface area (Å²) in [5.41, 5.74) is 1.05. The third kappa shape index (κ3) is 2.44. The molecule has 1 heterocycles. The summed E-state index contributed by atoms with van der Waals surface area (Å²) in [6.07, 6.45) is 1.91. The zero-order chi connectivity index (χ0) is 10.7. The molecule has 0 radical (unpaired) electrons. The van der Waals surface area contributed by atoms with Crippen molar-refractivity contribution in [3.8, 4) is 0 Å². The predicted molar refractivity (Wildman–Crippen MR) is 52.4 cm³/mol. The Morgan fingerprint density at radius 1 is 1.64 bits per heavy atom. The van der Waals surface area contributed by atoms with Crippen LogP contribution in [0.3, 0.4) is 0 Å². The Bertz CT molecular complexity index is 268. The highest BCUT2D eigenvalue weighted by atomic mass is 16.6. The molecule has 0 saturated carbocycles. The van der Waals surface area contributed by atoms with Crippen molar-refractivity contribution in [3.63, 3.8) is 0 Å². The molecule has 0 aromatic rings. The fraction of sp³-hybridized carbons (Fsp3) is 0.636. The van der Waals surface area contributed by atoms with E-state index in [1.165, 1.54) is 0 Å². The van der Waals surface area contributed by atoms with E-state index in [9.17, 15) is 9.59 Å². The van der Waals surface area contributed by atoms with Gasteiger partial charge in [-0.15, -0.1) is 6.58 Å². The van der Waals surface area contributed by atoms with Gasteiger partial charge in [-0.05, 0) is 19.3 Å². The molecule has 3 nitrogen and oxygen atoms in total. The number of cyclic esters (lactones) is 2. The monoisotopic (exact) mass is 196 g/mol. The standard InChI is InChI=1S/C11H16O3/c1-4-8(5-7(2)3)9-6-10(12)14-11(9)13/h8-9H,2,4-6H2,1,3H3. The lowest BCUT2D eigenvalue weighted by molar-refractivity contribution is -0.153. The number of hydrogen-bond donors (Lipinski definition) is 0. The Kier molecular flexibility index (Phi) is 3.44. The number of rotatable bonds is 4. The smallest absolute Gasteiger partial charge is 0.317 e. The number of ether oxygens (including phenoxy) is 1. The van der Waals surface area contributed by atoms with Gasteiger partial charge in [-0.25, -0.2) is 0 Å². The molecule has 1 aliphatic heterocycles. The van der Waals surface area contributed by atoms with Crippen molar-refractivity contribution in [1.82, 2.24) is 0 Å². The molecule has 0 aromatic carbocycles. The lowest BCUT2D eigenvalue weighted by Crippen LogP contribution is -2.19. The average Bonchev–Trinajstić information content (AvgIpc) is 2.41. The van der Waals surface area contributed by atoms with E-state index in [4.69, 9.17) is 0 Å². The molecule has 2 atom stereocenters. The lowest BCUT2D eigenvalue weighted by Gasteiger charge is -2.17. The van der Waals surface area contributed by atoms with Crippen molar-refractivity contribution in [3.05, 3.63) is 12.2 Å². The molecular weight excluding hydrogens is 180 g/mol. The molecule has 0 N–H and O–H groups in total. The zero-order valence-corrected chi connectivity index (χ0v) is 8.71. The highest BCUT2D eigenvalue weighted by molar-refractivity contribution is 5.94. The van der Waals surface area contributed by atoms with Crippen LogP contribution in [0, 0.1) is 11.8 Å². The normalized spacial score (nSPS) is 23.4. The van der Waals surface area contributed by atoms with Gasteiger partial charge in [-0.2, -0.15) is 0 Å². The highest BCUT2D eigenvalue weighted by Gasteiger charge is 2.38. The van der Waals surface area contributed by atoms with E-state index in [0.717, 1.165) is 18.4 Å². The number of allylic oxidation sites excluding steroid dienone is 1. The molecule has 14 heavy (non-hydrogen) atoms. The maximum Gasteiger partial charge on any atom is 0.317 e. The second kappa shape index (κ2) is 4.40. The molecule has 1 rings (SSSR count). The van der Waals surface area contributed by atoms with E-state index >= 15 is 0 Å². The van der Waals surface area contributed by atoms with Gasteiger partial charge in [0.25, 0.3) is 0 Å². The first-order valence-electron chi connectivity index (χ1n) is 4.93. The number of carbonyl (C=O) groups is 2. The van der Waals surface area contributed by atoms with Gasteiger partial charge in [0.05, 0.1) is 12.3 Å². The summed E-state index contributed by atoms with van der Waals surface area (Å²) in [6.45, 7) is 7.77. The Morgan fingerprint density at radius 3 is 2.64 bits per heavy atom. The third-order valence-electron chi connectivity index (χ3n) is 2.61. The van der Waals surface area contributed by atoms with Gasteiger partial charge in [-0.1, -0.05) is 18.9 Å². The van der Waals surface area contributed by atoms with Crippen LogP contribution in [0.1, 0.15) is 33.1 Å². The Morgan fingerprint density at radius 2 is 2.29 bits per heavy atom. The second-order valence-electron chi connectivity index (χ2n) is 3.93.